The average molecular weight is 355 g/mol. The van der Waals surface area contributed by atoms with Crippen LogP contribution < -0.4 is 5.32 Å². The molecule has 8 heteroatoms. The average Bonchev–Trinajstić information content (AvgIpc) is 2.57. The van der Waals surface area contributed by atoms with E-state index in [2.05, 4.69) is 5.32 Å². The summed E-state index contributed by atoms with van der Waals surface area (Å²) in [6.07, 6.45) is 3.81. The largest absolute Gasteiger partial charge is 0.490 e. The van der Waals surface area contributed by atoms with Gasteiger partial charge in [-0.25, -0.2) is 14.4 Å². The molecule has 0 fully saturated rings. The highest BCUT2D eigenvalue weighted by atomic mass is 16.6. The van der Waals surface area contributed by atoms with Crippen molar-refractivity contribution >= 4 is 23.8 Å². The number of esters is 2. The van der Waals surface area contributed by atoms with Crippen LogP contribution in [0.25, 0.3) is 0 Å². The van der Waals surface area contributed by atoms with Crippen molar-refractivity contribution in [2.24, 2.45) is 0 Å². The van der Waals surface area contributed by atoms with E-state index in [1.165, 1.54) is 14.0 Å². The molecule has 140 valence electrons. The Morgan fingerprint density at radius 2 is 1.64 bits per heavy atom. The highest BCUT2D eigenvalue weighted by molar-refractivity contribution is 6.07. The zero-order valence-corrected chi connectivity index (χ0v) is 15.0. The molecule has 0 saturated heterocycles. The summed E-state index contributed by atoms with van der Waals surface area (Å²) in [6.45, 7) is 4.47. The molecular weight excluding hydrogens is 330 g/mol. The Morgan fingerprint density at radius 1 is 1.08 bits per heavy atom. The van der Waals surface area contributed by atoms with E-state index in [1.54, 1.807) is 31.9 Å². The smallest absolute Gasteiger partial charge is 0.344 e. The Morgan fingerprint density at radius 3 is 2.04 bits per heavy atom. The summed E-state index contributed by atoms with van der Waals surface area (Å²) in [6, 6.07) is 0. The molecule has 0 saturated carbocycles. The van der Waals surface area contributed by atoms with Crippen LogP contribution >= 0.6 is 0 Å². The number of amides is 1. The molecule has 0 aromatic heterocycles. The molecule has 0 radical (unpaired) electrons. The summed E-state index contributed by atoms with van der Waals surface area (Å²) in [7, 11) is 1.37. The maximum absolute atomic E-state index is 12.3. The zero-order valence-electron chi connectivity index (χ0n) is 15.0. The molecule has 8 nitrogen and oxygen atoms in total. The van der Waals surface area contributed by atoms with Gasteiger partial charge in [-0.15, -0.1) is 0 Å². The minimum absolute atomic E-state index is 0.0462. The SMILES string of the molecule is CCOC(=O)C(CC=CCCC(=C=O)OC)(NC(C)=O)C(=O)OCC. The van der Waals surface area contributed by atoms with E-state index < -0.39 is 23.4 Å². The first-order chi connectivity index (χ1) is 11.9. The van der Waals surface area contributed by atoms with Crippen molar-refractivity contribution in [2.75, 3.05) is 20.3 Å². The van der Waals surface area contributed by atoms with Gasteiger partial charge in [0.15, 0.2) is 11.7 Å². The molecule has 0 aliphatic rings. The molecule has 1 N–H and O–H groups in total. The van der Waals surface area contributed by atoms with Crippen molar-refractivity contribution in [3.8, 4) is 0 Å². The zero-order chi connectivity index (χ0) is 19.3. The number of hydrogen-bond donors (Lipinski definition) is 1. The molecule has 0 aromatic carbocycles. The van der Waals surface area contributed by atoms with Crippen LogP contribution in [0.15, 0.2) is 17.9 Å². The van der Waals surface area contributed by atoms with Gasteiger partial charge in [0.25, 0.3) is 0 Å². The van der Waals surface area contributed by atoms with Gasteiger partial charge in [0.2, 0.25) is 11.4 Å². The molecule has 0 unspecified atom stereocenters. The van der Waals surface area contributed by atoms with Crippen LogP contribution in [0.1, 0.15) is 40.0 Å². The predicted molar refractivity (Wildman–Crippen MR) is 89.0 cm³/mol. The predicted octanol–water partition coefficient (Wildman–Crippen LogP) is 1.08. The van der Waals surface area contributed by atoms with Gasteiger partial charge in [-0.05, 0) is 20.3 Å². The van der Waals surface area contributed by atoms with E-state index >= 15 is 0 Å². The van der Waals surface area contributed by atoms with Crippen molar-refractivity contribution in [1.29, 1.82) is 0 Å². The standard InChI is InChI=1S/C17H25NO7/c1-5-24-15(21)17(18-13(3)20,16(22)25-6-2)11-9-7-8-10-14(12-19)23-4/h7,9H,5-6,8,10-11H2,1-4H3,(H,18,20). The number of nitrogens with one attached hydrogen (secondary N) is 1. The van der Waals surface area contributed by atoms with Crippen molar-refractivity contribution < 1.29 is 33.4 Å². The third-order valence-corrected chi connectivity index (χ3v) is 3.13. The first kappa shape index (κ1) is 22.4. The molecule has 0 spiro atoms. The second-order valence-electron chi connectivity index (χ2n) is 4.97. The third kappa shape index (κ3) is 7.22. The van der Waals surface area contributed by atoms with Crippen LogP contribution in [-0.4, -0.2) is 49.6 Å². The third-order valence-electron chi connectivity index (χ3n) is 3.13. The van der Waals surface area contributed by atoms with Crippen LogP contribution in [0.5, 0.6) is 0 Å². The molecule has 0 bridgehead atoms. The fourth-order valence-electron chi connectivity index (χ4n) is 2.00. The first-order valence-corrected chi connectivity index (χ1v) is 7.94. The summed E-state index contributed by atoms with van der Waals surface area (Å²) in [4.78, 5) is 46.7. The fourth-order valence-corrected chi connectivity index (χ4v) is 2.00. The highest BCUT2D eigenvalue weighted by Crippen LogP contribution is 2.18. The van der Waals surface area contributed by atoms with Gasteiger partial charge < -0.3 is 19.5 Å². The molecule has 25 heavy (non-hydrogen) atoms. The van der Waals surface area contributed by atoms with E-state index in [9.17, 15) is 19.2 Å². The van der Waals surface area contributed by atoms with E-state index in [-0.39, 0.29) is 25.4 Å². The van der Waals surface area contributed by atoms with E-state index in [0.717, 1.165) is 0 Å². The molecule has 0 atom stereocenters. The summed E-state index contributed by atoms with van der Waals surface area (Å²) < 4.78 is 14.7. The van der Waals surface area contributed by atoms with E-state index in [1.807, 2.05) is 0 Å². The number of carbonyl (C=O) groups excluding carboxylic acids is 4. The monoisotopic (exact) mass is 355 g/mol. The Kier molecular flexibility index (Phi) is 10.6. The van der Waals surface area contributed by atoms with Gasteiger partial charge in [-0.2, -0.15) is 0 Å². The van der Waals surface area contributed by atoms with Crippen molar-refractivity contribution in [3.63, 3.8) is 0 Å². The van der Waals surface area contributed by atoms with Crippen LogP contribution in [0, 0.1) is 0 Å². The molecular formula is C17H25NO7. The van der Waals surface area contributed by atoms with Crippen molar-refractivity contribution in [2.45, 2.75) is 45.6 Å². The second-order valence-corrected chi connectivity index (χ2v) is 4.97. The van der Waals surface area contributed by atoms with Crippen LogP contribution in [0.4, 0.5) is 0 Å². The summed E-state index contributed by atoms with van der Waals surface area (Å²) >= 11 is 0. The van der Waals surface area contributed by atoms with E-state index in [4.69, 9.17) is 14.2 Å². The first-order valence-electron chi connectivity index (χ1n) is 7.94. The topological polar surface area (TPSA) is 108 Å². The van der Waals surface area contributed by atoms with Crippen molar-refractivity contribution in [1.82, 2.24) is 5.32 Å². The van der Waals surface area contributed by atoms with Gasteiger partial charge in [0, 0.05) is 19.8 Å². The number of allylic oxidation sites excluding steroid dienone is 2. The minimum Gasteiger partial charge on any atom is -0.490 e. The summed E-state index contributed by atoms with van der Waals surface area (Å²) in [5, 5.41) is 2.35. The Hall–Kier alpha value is -2.60. The molecule has 0 heterocycles. The minimum atomic E-state index is -1.95. The lowest BCUT2D eigenvalue weighted by molar-refractivity contribution is -0.167. The molecule has 0 aliphatic carbocycles. The maximum atomic E-state index is 12.3. The van der Waals surface area contributed by atoms with Crippen LogP contribution in [-0.2, 0) is 33.4 Å². The molecule has 0 aliphatic heterocycles. The molecule has 1 amide bonds. The molecule has 0 rings (SSSR count). The van der Waals surface area contributed by atoms with Crippen LogP contribution in [0.2, 0.25) is 0 Å². The van der Waals surface area contributed by atoms with Gasteiger partial charge in [-0.3, -0.25) is 4.79 Å². The number of carbonyl (C=O) groups is 3. The maximum Gasteiger partial charge on any atom is 0.344 e. The van der Waals surface area contributed by atoms with Gasteiger partial charge in [-0.1, -0.05) is 12.2 Å². The Bertz CT molecular complexity index is 529. The Labute approximate surface area is 147 Å². The van der Waals surface area contributed by atoms with Crippen LogP contribution in [0.3, 0.4) is 0 Å². The Balaban J connectivity index is 5.33. The van der Waals surface area contributed by atoms with Crippen molar-refractivity contribution in [3.05, 3.63) is 17.9 Å². The van der Waals surface area contributed by atoms with Gasteiger partial charge >= 0.3 is 11.9 Å². The number of ether oxygens (including phenoxy) is 3. The lowest BCUT2D eigenvalue weighted by Gasteiger charge is -2.28. The van der Waals surface area contributed by atoms with Gasteiger partial charge in [0.1, 0.15) is 0 Å². The lowest BCUT2D eigenvalue weighted by atomic mass is 9.94. The highest BCUT2D eigenvalue weighted by Gasteiger charge is 2.49. The van der Waals surface area contributed by atoms with E-state index in [0.29, 0.717) is 12.8 Å². The summed E-state index contributed by atoms with van der Waals surface area (Å²) in [5.74, 6) is -0.529. The number of hydrogen-bond acceptors (Lipinski definition) is 7. The summed E-state index contributed by atoms with van der Waals surface area (Å²) in [5.41, 5.74) is -1.95. The normalized spacial score (nSPS) is 10.7. The molecule has 0 aromatic rings. The lowest BCUT2D eigenvalue weighted by Crippen LogP contribution is -2.60. The number of rotatable bonds is 11. The number of methoxy groups -OCH3 is 1. The quantitative estimate of drug-likeness (QED) is 0.194. The second kappa shape index (κ2) is 11.9. The van der Waals surface area contributed by atoms with Gasteiger partial charge in [0.05, 0.1) is 20.3 Å². The fraction of sp³-hybridized carbons (Fsp3) is 0.588.